The molecule has 0 atom stereocenters. The van der Waals surface area contributed by atoms with Crippen molar-refractivity contribution in [1.82, 2.24) is 0 Å². The Hall–Kier alpha value is -0.530. The molecule has 0 bridgehead atoms. The second-order valence-electron chi connectivity index (χ2n) is 8.13. The maximum Gasteiger partial charge on any atom is 0.0414 e. The molecular weight excluding hydrogens is 332 g/mol. The van der Waals surface area contributed by atoms with Gasteiger partial charge in [-0.3, -0.25) is 0 Å². The molecule has 0 heterocycles. The smallest absolute Gasteiger partial charge is 0.0414 e. The van der Waals surface area contributed by atoms with Crippen LogP contribution in [0.3, 0.4) is 0 Å². The zero-order valence-electron chi connectivity index (χ0n) is 19.2. The summed E-state index contributed by atoms with van der Waals surface area (Å²) in [6.07, 6.45) is 26.9. The van der Waals surface area contributed by atoms with Crippen LogP contribution in [0.2, 0.25) is 0 Å². The first kappa shape index (κ1) is 28.7. The maximum atomic E-state index is 10.2. The molecular formula is C25H51O2-. The lowest BCUT2D eigenvalue weighted by molar-refractivity contribution is -0.305. The fourth-order valence-electron chi connectivity index (χ4n) is 3.32. The van der Waals surface area contributed by atoms with Crippen LogP contribution in [0.5, 0.6) is 0 Å². The molecule has 0 spiro atoms. The van der Waals surface area contributed by atoms with Crippen LogP contribution in [0.1, 0.15) is 156 Å². The van der Waals surface area contributed by atoms with Crippen LogP contribution >= 0.6 is 0 Å². The van der Waals surface area contributed by atoms with Crippen LogP contribution < -0.4 is 5.11 Å². The molecule has 0 unspecified atom stereocenters. The van der Waals surface area contributed by atoms with Crippen LogP contribution in [0, 0.1) is 0 Å². The van der Waals surface area contributed by atoms with Crippen molar-refractivity contribution in [3.8, 4) is 0 Å². The van der Waals surface area contributed by atoms with E-state index in [2.05, 4.69) is 20.8 Å². The summed E-state index contributed by atoms with van der Waals surface area (Å²) in [5, 5.41) is 10.2. The average molecular weight is 384 g/mol. The Morgan fingerprint density at radius 1 is 0.444 bits per heavy atom. The number of hydrogen-bond donors (Lipinski definition) is 0. The van der Waals surface area contributed by atoms with E-state index in [1.165, 1.54) is 116 Å². The Balaban J connectivity index is 0. The summed E-state index contributed by atoms with van der Waals surface area (Å²) in [6, 6.07) is 0. The highest BCUT2D eigenvalue weighted by Crippen LogP contribution is 2.13. The molecule has 0 aliphatic rings. The zero-order valence-corrected chi connectivity index (χ0v) is 19.2. The van der Waals surface area contributed by atoms with Gasteiger partial charge in [-0.15, -0.1) is 0 Å². The van der Waals surface area contributed by atoms with Crippen LogP contribution in [-0.4, -0.2) is 5.97 Å². The second-order valence-corrected chi connectivity index (χ2v) is 8.13. The molecule has 0 N–H and O–H groups in total. The fourth-order valence-corrected chi connectivity index (χ4v) is 3.32. The number of carboxylic acids is 1. The number of rotatable bonds is 20. The Morgan fingerprint density at radius 2 is 0.667 bits per heavy atom. The first-order valence-corrected chi connectivity index (χ1v) is 12.4. The Labute approximate surface area is 171 Å². The lowest BCUT2D eigenvalue weighted by atomic mass is 10.0. The van der Waals surface area contributed by atoms with Crippen molar-refractivity contribution in [2.75, 3.05) is 0 Å². The van der Waals surface area contributed by atoms with Gasteiger partial charge in [0.05, 0.1) is 0 Å². The third kappa shape index (κ3) is 33.5. The van der Waals surface area contributed by atoms with Gasteiger partial charge in [-0.05, 0) is 12.8 Å². The van der Waals surface area contributed by atoms with Gasteiger partial charge >= 0.3 is 0 Å². The van der Waals surface area contributed by atoms with E-state index in [9.17, 15) is 9.90 Å². The number of carboxylic acid groups (broad SMARTS) is 1. The lowest BCUT2D eigenvalue weighted by Crippen LogP contribution is -2.21. The van der Waals surface area contributed by atoms with Crippen molar-refractivity contribution < 1.29 is 9.90 Å². The summed E-state index contributed by atoms with van der Waals surface area (Å²) in [5.41, 5.74) is 0. The van der Waals surface area contributed by atoms with Gasteiger partial charge in [-0.1, -0.05) is 143 Å². The quantitative estimate of drug-likeness (QED) is 0.200. The third-order valence-corrected chi connectivity index (χ3v) is 5.19. The van der Waals surface area contributed by atoms with Crippen molar-refractivity contribution in [3.63, 3.8) is 0 Å². The second kappa shape index (κ2) is 27.7. The topological polar surface area (TPSA) is 40.1 Å². The van der Waals surface area contributed by atoms with Gasteiger partial charge < -0.3 is 9.90 Å². The summed E-state index contributed by atoms with van der Waals surface area (Å²) < 4.78 is 0. The molecule has 0 aromatic heterocycles. The van der Waals surface area contributed by atoms with Gasteiger partial charge in [-0.2, -0.15) is 0 Å². The normalized spacial score (nSPS) is 10.5. The first-order chi connectivity index (χ1) is 13.2. The van der Waals surface area contributed by atoms with Gasteiger partial charge in [0.25, 0.3) is 0 Å². The fraction of sp³-hybridized carbons (Fsp3) is 0.960. The molecule has 0 amide bonds. The minimum absolute atomic E-state index is 0.234. The van der Waals surface area contributed by atoms with Crippen LogP contribution in [0.25, 0.3) is 0 Å². The van der Waals surface area contributed by atoms with Crippen LogP contribution in [-0.2, 0) is 4.79 Å². The highest BCUT2D eigenvalue weighted by Gasteiger charge is 1.94. The molecule has 0 fully saturated rings. The number of aliphatic carboxylic acids is 1. The Kier molecular flexibility index (Phi) is 29.4. The van der Waals surface area contributed by atoms with Crippen LogP contribution in [0.4, 0.5) is 0 Å². The van der Waals surface area contributed by atoms with E-state index in [0.29, 0.717) is 0 Å². The minimum Gasteiger partial charge on any atom is -0.550 e. The predicted octanol–water partition coefficient (Wildman–Crippen LogP) is 7.97. The Bertz CT molecular complexity index is 259. The standard InChI is InChI=1S/C18H36O2.C7H16/c1-2-3-4-5-6-7-8-9-10-11-12-13-14-15-16-17-18(19)20;1-3-5-7-6-4-2/h2-17H2,1H3,(H,19,20);3-7H2,1-2H3/p-1. The molecule has 0 aromatic carbocycles. The van der Waals surface area contributed by atoms with Crippen molar-refractivity contribution in [2.24, 2.45) is 0 Å². The zero-order chi connectivity index (χ0) is 20.4. The SMILES string of the molecule is CCCCCCC.CCCCCCCCCCCCCCCCCC(=O)[O-]. The van der Waals surface area contributed by atoms with Gasteiger partial charge in [-0.25, -0.2) is 0 Å². The molecule has 0 radical (unpaired) electrons. The summed E-state index contributed by atoms with van der Waals surface area (Å²) >= 11 is 0. The number of carbonyl (C=O) groups is 1. The van der Waals surface area contributed by atoms with Gasteiger partial charge in [0.15, 0.2) is 0 Å². The summed E-state index contributed by atoms with van der Waals surface area (Å²) in [7, 11) is 0. The third-order valence-electron chi connectivity index (χ3n) is 5.19. The largest absolute Gasteiger partial charge is 0.550 e. The molecule has 2 heteroatoms. The minimum atomic E-state index is -0.903. The monoisotopic (exact) mass is 383 g/mol. The van der Waals surface area contributed by atoms with E-state index >= 15 is 0 Å². The molecule has 0 aliphatic carbocycles. The van der Waals surface area contributed by atoms with Crippen molar-refractivity contribution in [3.05, 3.63) is 0 Å². The summed E-state index contributed by atoms with van der Waals surface area (Å²) in [5.74, 6) is -0.903. The highest BCUT2D eigenvalue weighted by atomic mass is 16.4. The molecule has 164 valence electrons. The molecule has 0 saturated heterocycles. The highest BCUT2D eigenvalue weighted by molar-refractivity contribution is 5.63. The average Bonchev–Trinajstić information content (AvgIpc) is 2.65. The molecule has 0 rings (SSSR count). The summed E-state index contributed by atoms with van der Waals surface area (Å²) in [4.78, 5) is 10.2. The van der Waals surface area contributed by atoms with Crippen molar-refractivity contribution in [2.45, 2.75) is 156 Å². The van der Waals surface area contributed by atoms with E-state index in [0.717, 1.165) is 12.8 Å². The van der Waals surface area contributed by atoms with Gasteiger partial charge in [0.1, 0.15) is 0 Å². The van der Waals surface area contributed by atoms with Gasteiger partial charge in [0, 0.05) is 5.97 Å². The van der Waals surface area contributed by atoms with Crippen LogP contribution in [0.15, 0.2) is 0 Å². The van der Waals surface area contributed by atoms with E-state index in [4.69, 9.17) is 0 Å². The predicted molar refractivity (Wildman–Crippen MR) is 119 cm³/mol. The number of carbonyl (C=O) groups excluding carboxylic acids is 1. The molecule has 0 aromatic rings. The van der Waals surface area contributed by atoms with E-state index in [1.807, 2.05) is 0 Å². The first-order valence-electron chi connectivity index (χ1n) is 12.4. The van der Waals surface area contributed by atoms with Crippen molar-refractivity contribution in [1.29, 1.82) is 0 Å². The molecule has 2 nitrogen and oxygen atoms in total. The van der Waals surface area contributed by atoms with E-state index in [1.54, 1.807) is 0 Å². The number of hydrogen-bond acceptors (Lipinski definition) is 2. The number of unbranched alkanes of at least 4 members (excludes halogenated alkanes) is 18. The van der Waals surface area contributed by atoms with E-state index < -0.39 is 5.97 Å². The van der Waals surface area contributed by atoms with E-state index in [-0.39, 0.29) is 6.42 Å². The van der Waals surface area contributed by atoms with Crippen molar-refractivity contribution >= 4 is 5.97 Å². The molecule has 0 saturated carbocycles. The van der Waals surface area contributed by atoms with Gasteiger partial charge in [0.2, 0.25) is 0 Å². The molecule has 0 aliphatic heterocycles. The summed E-state index contributed by atoms with van der Waals surface area (Å²) in [6.45, 7) is 6.76. The lowest BCUT2D eigenvalue weighted by Gasteiger charge is -2.04. The Morgan fingerprint density at radius 3 is 0.926 bits per heavy atom. The maximum absolute atomic E-state index is 10.2. The molecule has 27 heavy (non-hydrogen) atoms.